The van der Waals surface area contributed by atoms with Crippen molar-refractivity contribution >= 4 is 17.8 Å². The van der Waals surface area contributed by atoms with Gasteiger partial charge in [-0.1, -0.05) is 18.2 Å². The third-order valence-corrected chi connectivity index (χ3v) is 4.33. The van der Waals surface area contributed by atoms with Gasteiger partial charge in [-0.2, -0.15) is 0 Å². The minimum absolute atomic E-state index is 0.0891. The van der Waals surface area contributed by atoms with Gasteiger partial charge in [-0.3, -0.25) is 9.78 Å². The van der Waals surface area contributed by atoms with Gasteiger partial charge >= 0.3 is 11.9 Å². The Hall–Kier alpha value is -3.81. The van der Waals surface area contributed by atoms with Crippen molar-refractivity contribution in [3.8, 4) is 11.4 Å². The Bertz CT molecular complexity index is 1080. The SMILES string of the molecule is COC(=O)CC(Nc1cccc(-c2cccc(C(=O)OC(C)(C)C)n2)n1)c1ccccn1. The van der Waals surface area contributed by atoms with Gasteiger partial charge in [0.05, 0.1) is 36.7 Å². The number of esters is 2. The number of carbonyl (C=O) groups is 2. The van der Waals surface area contributed by atoms with E-state index in [0.29, 0.717) is 22.9 Å². The Balaban J connectivity index is 1.85. The van der Waals surface area contributed by atoms with Gasteiger partial charge in [0.25, 0.3) is 0 Å². The van der Waals surface area contributed by atoms with E-state index in [0.717, 1.165) is 0 Å². The van der Waals surface area contributed by atoms with Crippen LogP contribution in [0, 0.1) is 0 Å². The molecule has 1 N–H and O–H groups in total. The minimum atomic E-state index is -0.614. The van der Waals surface area contributed by atoms with Crippen molar-refractivity contribution in [1.82, 2.24) is 15.0 Å². The highest BCUT2D eigenvalue weighted by atomic mass is 16.6. The third-order valence-electron chi connectivity index (χ3n) is 4.33. The van der Waals surface area contributed by atoms with E-state index in [4.69, 9.17) is 9.47 Å². The van der Waals surface area contributed by atoms with Crippen LogP contribution in [-0.2, 0) is 14.3 Å². The highest BCUT2D eigenvalue weighted by Gasteiger charge is 2.20. The lowest BCUT2D eigenvalue weighted by molar-refractivity contribution is -0.140. The minimum Gasteiger partial charge on any atom is -0.469 e. The molecule has 1 atom stereocenters. The number of hydrogen-bond donors (Lipinski definition) is 1. The lowest BCUT2D eigenvalue weighted by atomic mass is 10.1. The van der Waals surface area contributed by atoms with Gasteiger partial charge in [-0.05, 0) is 57.2 Å². The first-order valence-electron chi connectivity index (χ1n) is 10.2. The zero-order chi connectivity index (χ0) is 23.1. The van der Waals surface area contributed by atoms with Crippen molar-refractivity contribution in [2.45, 2.75) is 38.8 Å². The maximum Gasteiger partial charge on any atom is 0.357 e. The van der Waals surface area contributed by atoms with Crippen LogP contribution in [0.5, 0.6) is 0 Å². The highest BCUT2D eigenvalue weighted by Crippen LogP contribution is 2.23. The smallest absolute Gasteiger partial charge is 0.357 e. The molecule has 0 amide bonds. The molecular formula is C24H26N4O4. The number of anilines is 1. The van der Waals surface area contributed by atoms with Crippen molar-refractivity contribution in [2.75, 3.05) is 12.4 Å². The summed E-state index contributed by atoms with van der Waals surface area (Å²) in [5, 5.41) is 3.25. The number of rotatable bonds is 7. The molecule has 3 aromatic rings. The number of methoxy groups -OCH3 is 1. The van der Waals surface area contributed by atoms with Gasteiger partial charge in [0.15, 0.2) is 0 Å². The number of aromatic nitrogens is 3. The van der Waals surface area contributed by atoms with Gasteiger partial charge in [-0.15, -0.1) is 0 Å². The van der Waals surface area contributed by atoms with Crippen LogP contribution in [0.4, 0.5) is 5.82 Å². The molecule has 0 saturated heterocycles. The highest BCUT2D eigenvalue weighted by molar-refractivity contribution is 5.88. The van der Waals surface area contributed by atoms with E-state index >= 15 is 0 Å². The maximum atomic E-state index is 12.4. The molecule has 0 aliphatic carbocycles. The van der Waals surface area contributed by atoms with E-state index in [1.54, 1.807) is 63.4 Å². The average Bonchev–Trinajstić information content (AvgIpc) is 2.78. The molecule has 3 heterocycles. The first-order valence-corrected chi connectivity index (χ1v) is 10.2. The fraction of sp³-hybridized carbons (Fsp3) is 0.292. The van der Waals surface area contributed by atoms with Gasteiger partial charge in [-0.25, -0.2) is 14.8 Å². The van der Waals surface area contributed by atoms with E-state index in [2.05, 4.69) is 20.3 Å². The molecule has 32 heavy (non-hydrogen) atoms. The Labute approximate surface area is 187 Å². The molecular weight excluding hydrogens is 408 g/mol. The summed E-state index contributed by atoms with van der Waals surface area (Å²) in [7, 11) is 1.35. The van der Waals surface area contributed by atoms with Crippen molar-refractivity contribution in [2.24, 2.45) is 0 Å². The van der Waals surface area contributed by atoms with Crippen LogP contribution >= 0.6 is 0 Å². The molecule has 0 radical (unpaired) electrons. The number of pyridine rings is 3. The largest absolute Gasteiger partial charge is 0.469 e. The first kappa shape index (κ1) is 22.9. The van der Waals surface area contributed by atoms with Crippen LogP contribution in [0.25, 0.3) is 11.4 Å². The summed E-state index contributed by atoms with van der Waals surface area (Å²) in [6.45, 7) is 5.41. The molecule has 0 saturated carbocycles. The maximum absolute atomic E-state index is 12.4. The summed E-state index contributed by atoms with van der Waals surface area (Å²) in [5.41, 5.74) is 1.37. The van der Waals surface area contributed by atoms with E-state index in [1.165, 1.54) is 7.11 Å². The predicted octanol–water partition coefficient (Wildman–Crippen LogP) is 4.21. The number of ether oxygens (including phenoxy) is 2. The number of nitrogens with one attached hydrogen (secondary N) is 1. The van der Waals surface area contributed by atoms with Crippen LogP contribution < -0.4 is 5.32 Å². The zero-order valence-corrected chi connectivity index (χ0v) is 18.5. The Kier molecular flexibility index (Phi) is 7.14. The number of hydrogen-bond acceptors (Lipinski definition) is 8. The third kappa shape index (κ3) is 6.34. The van der Waals surface area contributed by atoms with Gasteiger partial charge in [0.2, 0.25) is 0 Å². The summed E-state index contributed by atoms with van der Waals surface area (Å²) in [5.74, 6) is -0.329. The monoisotopic (exact) mass is 434 g/mol. The zero-order valence-electron chi connectivity index (χ0n) is 18.5. The summed E-state index contributed by atoms with van der Waals surface area (Å²) in [4.78, 5) is 37.7. The van der Waals surface area contributed by atoms with Crippen LogP contribution in [-0.4, -0.2) is 39.6 Å². The lowest BCUT2D eigenvalue weighted by Gasteiger charge is -2.19. The van der Waals surface area contributed by atoms with Crippen LogP contribution in [0.2, 0.25) is 0 Å². The summed E-state index contributed by atoms with van der Waals surface area (Å²) in [6.07, 6.45) is 1.75. The molecule has 166 valence electrons. The normalized spacial score (nSPS) is 12.0. The predicted molar refractivity (Wildman–Crippen MR) is 120 cm³/mol. The fourth-order valence-corrected chi connectivity index (χ4v) is 2.92. The Morgan fingerprint density at radius 3 is 2.34 bits per heavy atom. The molecule has 0 spiro atoms. The molecule has 8 heteroatoms. The Morgan fingerprint density at radius 1 is 0.969 bits per heavy atom. The lowest BCUT2D eigenvalue weighted by Crippen LogP contribution is -2.24. The van der Waals surface area contributed by atoms with Crippen molar-refractivity contribution in [3.05, 3.63) is 72.2 Å². The van der Waals surface area contributed by atoms with Crippen molar-refractivity contribution in [1.29, 1.82) is 0 Å². The molecule has 0 aliphatic rings. The number of carbonyl (C=O) groups excluding carboxylic acids is 2. The fourth-order valence-electron chi connectivity index (χ4n) is 2.92. The summed E-state index contributed by atoms with van der Waals surface area (Å²) in [6, 6.07) is 15.6. The quantitative estimate of drug-likeness (QED) is 0.552. The summed E-state index contributed by atoms with van der Waals surface area (Å²) < 4.78 is 10.2. The topological polar surface area (TPSA) is 103 Å². The molecule has 0 fully saturated rings. The molecule has 3 aromatic heterocycles. The number of nitrogens with zero attached hydrogens (tertiary/aromatic N) is 3. The Morgan fingerprint density at radius 2 is 1.69 bits per heavy atom. The molecule has 0 aliphatic heterocycles. The van der Waals surface area contributed by atoms with E-state index in [1.807, 2.05) is 18.2 Å². The second-order valence-electron chi connectivity index (χ2n) is 8.05. The van der Waals surface area contributed by atoms with Gasteiger partial charge < -0.3 is 14.8 Å². The molecule has 8 nitrogen and oxygen atoms in total. The molecule has 1 unspecified atom stereocenters. The van der Waals surface area contributed by atoms with Crippen molar-refractivity contribution in [3.63, 3.8) is 0 Å². The van der Waals surface area contributed by atoms with Crippen molar-refractivity contribution < 1.29 is 19.1 Å². The van der Waals surface area contributed by atoms with Crippen LogP contribution in [0.3, 0.4) is 0 Å². The van der Waals surface area contributed by atoms with E-state index in [-0.39, 0.29) is 18.1 Å². The van der Waals surface area contributed by atoms with E-state index < -0.39 is 17.6 Å². The summed E-state index contributed by atoms with van der Waals surface area (Å²) >= 11 is 0. The standard InChI is InChI=1S/C24H26N4O4/c1-24(2,3)32-23(30)19-12-7-10-17(26-19)18-11-8-13-21(27-18)28-20(15-22(29)31-4)16-9-5-6-14-25-16/h5-14,20H,15H2,1-4H3,(H,27,28). The van der Waals surface area contributed by atoms with Gasteiger partial charge in [0, 0.05) is 6.20 Å². The first-order chi connectivity index (χ1) is 15.2. The van der Waals surface area contributed by atoms with Gasteiger partial charge in [0.1, 0.15) is 17.1 Å². The molecule has 0 bridgehead atoms. The molecule has 3 rings (SSSR count). The second-order valence-corrected chi connectivity index (χ2v) is 8.05. The molecule has 0 aromatic carbocycles. The van der Waals surface area contributed by atoms with E-state index in [9.17, 15) is 9.59 Å². The average molecular weight is 434 g/mol. The van der Waals surface area contributed by atoms with Crippen LogP contribution in [0.15, 0.2) is 60.8 Å². The van der Waals surface area contributed by atoms with Crippen LogP contribution in [0.1, 0.15) is 49.4 Å². The second kappa shape index (κ2) is 10.00.